The SMILES string of the molecule is CCCCc1ccc2c(c1)c(N1CCN(C(=O)c3cccs3)CC1)c(C(=O)OCC)c(=O)n2Cc1ccccc1. The molecule has 0 saturated carbocycles. The first-order chi connectivity index (χ1) is 19.5. The summed E-state index contributed by atoms with van der Waals surface area (Å²) in [5.41, 5.74) is 3.25. The smallest absolute Gasteiger partial charge is 0.345 e. The van der Waals surface area contributed by atoms with E-state index in [2.05, 4.69) is 24.0 Å². The average Bonchev–Trinajstić information content (AvgIpc) is 3.53. The van der Waals surface area contributed by atoms with Crippen LogP contribution in [0.15, 0.2) is 70.8 Å². The molecule has 0 atom stereocenters. The van der Waals surface area contributed by atoms with Gasteiger partial charge in [-0.3, -0.25) is 9.59 Å². The maximum atomic E-state index is 14.1. The molecule has 0 unspecified atom stereocenters. The summed E-state index contributed by atoms with van der Waals surface area (Å²) in [5.74, 6) is -0.590. The molecule has 0 bridgehead atoms. The van der Waals surface area contributed by atoms with Crippen LogP contribution >= 0.6 is 11.3 Å². The van der Waals surface area contributed by atoms with Gasteiger partial charge in [0.2, 0.25) is 0 Å². The van der Waals surface area contributed by atoms with Gasteiger partial charge in [0.25, 0.3) is 11.5 Å². The van der Waals surface area contributed by atoms with Crippen molar-refractivity contribution in [2.45, 2.75) is 39.7 Å². The minimum atomic E-state index is -0.609. The van der Waals surface area contributed by atoms with E-state index in [-0.39, 0.29) is 23.6 Å². The minimum Gasteiger partial charge on any atom is -0.462 e. The van der Waals surface area contributed by atoms with Gasteiger partial charge in [-0.25, -0.2) is 4.79 Å². The van der Waals surface area contributed by atoms with Gasteiger partial charge in [-0.1, -0.05) is 55.8 Å². The van der Waals surface area contributed by atoms with Crippen LogP contribution in [0.5, 0.6) is 0 Å². The highest BCUT2D eigenvalue weighted by atomic mass is 32.1. The van der Waals surface area contributed by atoms with E-state index in [4.69, 9.17) is 4.74 Å². The first-order valence-electron chi connectivity index (χ1n) is 14.0. The zero-order chi connectivity index (χ0) is 28.1. The third-order valence-electron chi connectivity index (χ3n) is 7.40. The van der Waals surface area contributed by atoms with E-state index in [9.17, 15) is 14.4 Å². The Labute approximate surface area is 238 Å². The fourth-order valence-corrected chi connectivity index (χ4v) is 6.04. The summed E-state index contributed by atoms with van der Waals surface area (Å²) in [7, 11) is 0. The van der Waals surface area contributed by atoms with Crippen LogP contribution in [0, 0.1) is 0 Å². The van der Waals surface area contributed by atoms with E-state index in [1.807, 2.05) is 58.8 Å². The molecule has 2 aromatic heterocycles. The van der Waals surface area contributed by atoms with Crippen LogP contribution in [-0.2, 0) is 17.7 Å². The highest BCUT2D eigenvalue weighted by Gasteiger charge is 2.30. The number of benzene rings is 2. The van der Waals surface area contributed by atoms with Crippen molar-refractivity contribution in [3.63, 3.8) is 0 Å². The highest BCUT2D eigenvalue weighted by Crippen LogP contribution is 2.32. The van der Waals surface area contributed by atoms with Crippen LogP contribution in [0.1, 0.15) is 57.8 Å². The lowest BCUT2D eigenvalue weighted by atomic mass is 10.0. The fraction of sp³-hybridized carbons (Fsp3) is 0.344. The number of rotatable bonds is 9. The lowest BCUT2D eigenvalue weighted by Crippen LogP contribution is -2.49. The van der Waals surface area contributed by atoms with Crippen LogP contribution in [0.3, 0.4) is 0 Å². The van der Waals surface area contributed by atoms with Gasteiger partial charge in [-0.15, -0.1) is 11.3 Å². The number of pyridine rings is 1. The summed E-state index contributed by atoms with van der Waals surface area (Å²) in [4.78, 5) is 45.2. The van der Waals surface area contributed by atoms with Crippen molar-refractivity contribution < 1.29 is 14.3 Å². The van der Waals surface area contributed by atoms with Gasteiger partial charge in [-0.2, -0.15) is 0 Å². The number of nitrogens with zero attached hydrogens (tertiary/aromatic N) is 3. The summed E-state index contributed by atoms with van der Waals surface area (Å²) >= 11 is 1.44. The van der Waals surface area contributed by atoms with E-state index >= 15 is 0 Å². The molecule has 0 N–H and O–H groups in total. The lowest BCUT2D eigenvalue weighted by Gasteiger charge is -2.37. The highest BCUT2D eigenvalue weighted by molar-refractivity contribution is 7.12. The Morgan fingerprint density at radius 1 is 0.925 bits per heavy atom. The quantitative estimate of drug-likeness (QED) is 0.251. The number of esters is 1. The molecule has 1 aliphatic heterocycles. The first-order valence-corrected chi connectivity index (χ1v) is 14.9. The van der Waals surface area contributed by atoms with E-state index in [0.29, 0.717) is 38.4 Å². The molecule has 3 heterocycles. The largest absolute Gasteiger partial charge is 0.462 e. The number of amides is 1. The number of thiophene rings is 1. The van der Waals surface area contributed by atoms with Crippen molar-refractivity contribution in [2.75, 3.05) is 37.7 Å². The molecule has 1 fully saturated rings. The van der Waals surface area contributed by atoms with Crippen molar-refractivity contribution in [1.29, 1.82) is 0 Å². The standard InChI is InChI=1S/C32H35N3O4S/c1-3-5-10-23-14-15-26-25(21-23)29(33-16-18-34(19-17-33)30(36)27-13-9-20-40-27)28(32(38)39-4-2)31(37)35(26)22-24-11-7-6-8-12-24/h6-9,11-15,20-21H,3-5,10,16-19,22H2,1-2H3. The molecular formula is C32H35N3O4S. The van der Waals surface area contributed by atoms with Gasteiger partial charge < -0.3 is 19.1 Å². The van der Waals surface area contributed by atoms with Crippen molar-refractivity contribution in [3.05, 3.63) is 98.0 Å². The van der Waals surface area contributed by atoms with E-state index in [1.54, 1.807) is 11.5 Å². The van der Waals surface area contributed by atoms with E-state index in [0.717, 1.165) is 40.6 Å². The number of fused-ring (bicyclic) bond motifs is 1. The molecular weight excluding hydrogens is 522 g/mol. The number of carbonyl (C=O) groups excluding carboxylic acids is 2. The molecule has 0 aliphatic carbocycles. The number of hydrogen-bond donors (Lipinski definition) is 0. The van der Waals surface area contributed by atoms with Crippen LogP contribution in [-0.4, -0.2) is 54.1 Å². The summed E-state index contributed by atoms with van der Waals surface area (Å²) < 4.78 is 7.15. The normalized spacial score (nSPS) is 13.6. The second kappa shape index (κ2) is 12.5. The molecule has 2 aromatic carbocycles. The van der Waals surface area contributed by atoms with Crippen molar-refractivity contribution in [2.24, 2.45) is 0 Å². The number of carbonyl (C=O) groups is 2. The van der Waals surface area contributed by atoms with Crippen LogP contribution in [0.2, 0.25) is 0 Å². The minimum absolute atomic E-state index is 0.0188. The number of hydrogen-bond acceptors (Lipinski definition) is 6. The zero-order valence-corrected chi connectivity index (χ0v) is 23.9. The Bertz CT molecular complexity index is 1540. The Morgan fingerprint density at radius 3 is 2.38 bits per heavy atom. The molecule has 208 valence electrons. The second-order valence-corrected chi connectivity index (χ2v) is 11.0. The molecule has 1 amide bonds. The Hall–Kier alpha value is -3.91. The first kappa shape index (κ1) is 27.6. The van der Waals surface area contributed by atoms with Crippen molar-refractivity contribution in [3.8, 4) is 0 Å². The van der Waals surface area contributed by atoms with Gasteiger partial charge >= 0.3 is 5.97 Å². The molecule has 0 radical (unpaired) electrons. The van der Waals surface area contributed by atoms with Crippen LogP contribution in [0.4, 0.5) is 5.69 Å². The Balaban J connectivity index is 1.62. The number of piperazine rings is 1. The van der Waals surface area contributed by atoms with Gasteiger partial charge in [-0.05, 0) is 54.5 Å². The number of unbranched alkanes of at least 4 members (excludes halogenated alkanes) is 1. The third kappa shape index (κ3) is 5.68. The second-order valence-electron chi connectivity index (χ2n) is 10.0. The van der Waals surface area contributed by atoms with E-state index < -0.39 is 5.97 Å². The van der Waals surface area contributed by atoms with Gasteiger partial charge in [0.1, 0.15) is 5.56 Å². The fourth-order valence-electron chi connectivity index (χ4n) is 5.35. The molecule has 4 aromatic rings. The number of aryl methyl sites for hydroxylation is 1. The predicted molar refractivity (Wildman–Crippen MR) is 161 cm³/mol. The van der Waals surface area contributed by atoms with Crippen molar-refractivity contribution in [1.82, 2.24) is 9.47 Å². The number of anilines is 1. The average molecular weight is 558 g/mol. The van der Waals surface area contributed by atoms with Crippen LogP contribution in [0.25, 0.3) is 10.9 Å². The lowest BCUT2D eigenvalue weighted by molar-refractivity contribution is 0.0523. The predicted octanol–water partition coefficient (Wildman–Crippen LogP) is 5.59. The van der Waals surface area contributed by atoms with Gasteiger partial charge in [0.05, 0.1) is 29.2 Å². The van der Waals surface area contributed by atoms with Gasteiger partial charge in [0.15, 0.2) is 0 Å². The topological polar surface area (TPSA) is 71.9 Å². The molecule has 1 saturated heterocycles. The van der Waals surface area contributed by atoms with E-state index in [1.165, 1.54) is 16.9 Å². The number of ether oxygens (including phenoxy) is 1. The summed E-state index contributed by atoms with van der Waals surface area (Å²) in [5, 5.41) is 2.77. The maximum absolute atomic E-state index is 14.1. The van der Waals surface area contributed by atoms with Gasteiger partial charge in [0, 0.05) is 31.6 Å². The summed E-state index contributed by atoms with van der Waals surface area (Å²) in [6.45, 7) is 6.47. The third-order valence-corrected chi connectivity index (χ3v) is 8.26. The maximum Gasteiger partial charge on any atom is 0.345 e. The molecule has 5 rings (SSSR count). The summed E-state index contributed by atoms with van der Waals surface area (Å²) in [6, 6.07) is 19.8. The Morgan fingerprint density at radius 2 is 1.70 bits per heavy atom. The zero-order valence-electron chi connectivity index (χ0n) is 23.1. The van der Waals surface area contributed by atoms with Crippen molar-refractivity contribution >= 4 is 39.8 Å². The number of aromatic nitrogens is 1. The molecule has 40 heavy (non-hydrogen) atoms. The molecule has 8 heteroatoms. The molecule has 7 nitrogen and oxygen atoms in total. The van der Waals surface area contributed by atoms with Crippen LogP contribution < -0.4 is 10.5 Å². The Kier molecular flexibility index (Phi) is 8.65. The monoisotopic (exact) mass is 557 g/mol. The molecule has 1 aliphatic rings. The summed E-state index contributed by atoms with van der Waals surface area (Å²) in [6.07, 6.45) is 3.05. The molecule has 0 spiro atoms.